The molecule has 6 heteroatoms. The quantitative estimate of drug-likeness (QED) is 0.219. The molecule has 2 atom stereocenters. The molecule has 1 aliphatic heterocycles. The highest BCUT2D eigenvalue weighted by molar-refractivity contribution is 5.96. The Morgan fingerprint density at radius 2 is 1.78 bits per heavy atom. The zero-order chi connectivity index (χ0) is 25.8. The van der Waals surface area contributed by atoms with Gasteiger partial charge in [0.1, 0.15) is 17.4 Å². The molecule has 0 aliphatic carbocycles. The van der Waals surface area contributed by atoms with Crippen molar-refractivity contribution in [1.29, 1.82) is 0 Å². The summed E-state index contributed by atoms with van der Waals surface area (Å²) < 4.78 is 21.9. The van der Waals surface area contributed by atoms with E-state index in [1.165, 1.54) is 17.7 Å². The van der Waals surface area contributed by atoms with Gasteiger partial charge in [-0.05, 0) is 73.2 Å². The van der Waals surface area contributed by atoms with Crippen LogP contribution in [0.2, 0.25) is 0 Å². The van der Waals surface area contributed by atoms with E-state index in [0.29, 0.717) is 25.5 Å². The number of nitrogens with zero attached hydrogens (tertiary/aromatic N) is 3. The molecule has 1 saturated heterocycles. The summed E-state index contributed by atoms with van der Waals surface area (Å²) in [5.74, 6) is 2.13. The molecule has 0 spiro atoms. The number of halogens is 1. The Labute approximate surface area is 217 Å². The number of aromatic nitrogens is 2. The lowest BCUT2D eigenvalue weighted by Crippen LogP contribution is -2.24. The lowest BCUT2D eigenvalue weighted by atomic mass is 9.98. The number of fused-ring (bicyclic) bond motifs is 1. The van der Waals surface area contributed by atoms with E-state index in [4.69, 9.17) is 9.72 Å². The number of imidazole rings is 1. The summed E-state index contributed by atoms with van der Waals surface area (Å²) in [4.78, 5) is 19.6. The lowest BCUT2D eigenvalue weighted by molar-refractivity contribution is -0.117. The number of unbranched alkanes of at least 4 members (excludes halogenated alkanes) is 1. The number of ether oxygens (including phenoxy) is 1. The van der Waals surface area contributed by atoms with E-state index >= 15 is 0 Å². The highest BCUT2D eigenvalue weighted by Crippen LogP contribution is 2.34. The highest BCUT2D eigenvalue weighted by atomic mass is 19.1. The third-order valence-corrected chi connectivity index (χ3v) is 7.41. The monoisotopic (exact) mass is 499 g/mol. The first-order chi connectivity index (χ1) is 18.0. The number of benzene rings is 3. The summed E-state index contributed by atoms with van der Waals surface area (Å²) in [5.41, 5.74) is 4.04. The molecule has 2 unspecified atom stereocenters. The van der Waals surface area contributed by atoms with Gasteiger partial charge in [-0.15, -0.1) is 0 Å². The third-order valence-electron chi connectivity index (χ3n) is 7.41. The van der Waals surface area contributed by atoms with Crippen LogP contribution in [0.15, 0.2) is 72.8 Å². The van der Waals surface area contributed by atoms with Crippen LogP contribution >= 0.6 is 0 Å². The molecule has 0 N–H and O–H groups in total. The summed E-state index contributed by atoms with van der Waals surface area (Å²) in [6.45, 7) is 6.45. The van der Waals surface area contributed by atoms with Crippen molar-refractivity contribution in [1.82, 2.24) is 9.55 Å². The molecule has 4 aromatic rings. The maximum atomic E-state index is 13.4. The number of carbonyl (C=O) groups is 1. The molecule has 0 saturated carbocycles. The van der Waals surface area contributed by atoms with Gasteiger partial charge >= 0.3 is 0 Å². The van der Waals surface area contributed by atoms with Crippen LogP contribution in [-0.4, -0.2) is 28.6 Å². The Bertz CT molecular complexity index is 1360. The predicted octanol–water partition coefficient (Wildman–Crippen LogP) is 7.07. The van der Waals surface area contributed by atoms with Crippen molar-refractivity contribution in [2.75, 3.05) is 18.1 Å². The van der Waals surface area contributed by atoms with Crippen molar-refractivity contribution in [3.8, 4) is 5.75 Å². The molecule has 1 amide bonds. The number of hydrogen-bond acceptors (Lipinski definition) is 3. The molecule has 37 heavy (non-hydrogen) atoms. The first-order valence-corrected chi connectivity index (χ1v) is 13.3. The second-order valence-electron chi connectivity index (χ2n) is 9.89. The summed E-state index contributed by atoms with van der Waals surface area (Å²) in [5, 5.41) is 0. The van der Waals surface area contributed by atoms with Gasteiger partial charge in [0.25, 0.3) is 0 Å². The Kier molecular flexibility index (Phi) is 7.54. The van der Waals surface area contributed by atoms with Gasteiger partial charge in [-0.1, -0.05) is 44.2 Å². The van der Waals surface area contributed by atoms with Gasteiger partial charge in [0, 0.05) is 31.1 Å². The molecular formula is C31H34FN3O2. The maximum Gasteiger partial charge on any atom is 0.227 e. The fourth-order valence-corrected chi connectivity index (χ4v) is 5.19. The van der Waals surface area contributed by atoms with Crippen molar-refractivity contribution in [2.24, 2.45) is 0 Å². The van der Waals surface area contributed by atoms with E-state index in [1.54, 1.807) is 17.0 Å². The maximum absolute atomic E-state index is 13.4. The predicted molar refractivity (Wildman–Crippen MR) is 146 cm³/mol. The summed E-state index contributed by atoms with van der Waals surface area (Å²) in [6.07, 6.45) is 3.35. The molecule has 1 aromatic heterocycles. The number of aryl methyl sites for hydroxylation is 1. The van der Waals surface area contributed by atoms with Crippen LogP contribution in [0.5, 0.6) is 5.75 Å². The molecule has 5 rings (SSSR count). The normalized spacial score (nSPS) is 16.5. The van der Waals surface area contributed by atoms with Gasteiger partial charge in [-0.2, -0.15) is 0 Å². The number of carbonyl (C=O) groups excluding carboxylic acids is 1. The summed E-state index contributed by atoms with van der Waals surface area (Å²) >= 11 is 0. The zero-order valence-electron chi connectivity index (χ0n) is 21.6. The highest BCUT2D eigenvalue weighted by Gasteiger charge is 2.34. The smallest absolute Gasteiger partial charge is 0.227 e. The molecule has 2 heterocycles. The second-order valence-corrected chi connectivity index (χ2v) is 9.89. The SMILES string of the molecule is CCC(C)c1ccccc1OCCCCn1c(C2CC(=O)N(c3ccc(F)cc3)C2)nc2ccccc21. The zero-order valence-corrected chi connectivity index (χ0v) is 21.6. The van der Waals surface area contributed by atoms with Crippen LogP contribution in [0.1, 0.15) is 62.8 Å². The number of amides is 1. The van der Waals surface area contributed by atoms with Crippen molar-refractivity contribution >= 4 is 22.6 Å². The van der Waals surface area contributed by atoms with Gasteiger partial charge in [0.05, 0.1) is 17.6 Å². The van der Waals surface area contributed by atoms with Gasteiger partial charge in [-0.3, -0.25) is 4.79 Å². The molecule has 192 valence electrons. The standard InChI is InChI=1S/C31H34FN3O2/c1-3-22(2)26-10-4-7-13-29(26)37-19-9-8-18-34-28-12-6-5-11-27(28)33-31(34)23-20-30(36)35(21-23)25-16-14-24(32)15-17-25/h4-7,10-17,22-23H,3,8-9,18-21H2,1-2H3. The fourth-order valence-electron chi connectivity index (χ4n) is 5.19. The number of hydrogen-bond donors (Lipinski definition) is 0. The Morgan fingerprint density at radius 1 is 1.03 bits per heavy atom. The van der Waals surface area contributed by atoms with Gasteiger partial charge in [0.2, 0.25) is 5.91 Å². The lowest BCUT2D eigenvalue weighted by Gasteiger charge is -2.18. The van der Waals surface area contributed by atoms with Crippen molar-refractivity contribution in [3.05, 3.63) is 90.0 Å². The molecule has 0 radical (unpaired) electrons. The van der Waals surface area contributed by atoms with Crippen molar-refractivity contribution < 1.29 is 13.9 Å². The van der Waals surface area contributed by atoms with Crippen molar-refractivity contribution in [3.63, 3.8) is 0 Å². The van der Waals surface area contributed by atoms with Crippen LogP contribution in [0.4, 0.5) is 10.1 Å². The molecule has 0 bridgehead atoms. The van der Waals surface area contributed by atoms with Crippen LogP contribution in [0.25, 0.3) is 11.0 Å². The Balaban J connectivity index is 1.27. The molecule has 5 nitrogen and oxygen atoms in total. The minimum atomic E-state index is -0.305. The second kappa shape index (κ2) is 11.2. The van der Waals surface area contributed by atoms with Gasteiger partial charge < -0.3 is 14.2 Å². The van der Waals surface area contributed by atoms with Crippen LogP contribution in [0, 0.1) is 5.82 Å². The Hall–Kier alpha value is -3.67. The van der Waals surface area contributed by atoms with E-state index in [9.17, 15) is 9.18 Å². The minimum Gasteiger partial charge on any atom is -0.493 e. The number of rotatable bonds is 10. The van der Waals surface area contributed by atoms with Crippen LogP contribution < -0.4 is 9.64 Å². The van der Waals surface area contributed by atoms with Gasteiger partial charge in [0.15, 0.2) is 0 Å². The average Bonchev–Trinajstić information content (AvgIpc) is 3.49. The van der Waals surface area contributed by atoms with Gasteiger partial charge in [-0.25, -0.2) is 9.37 Å². The van der Waals surface area contributed by atoms with Crippen LogP contribution in [-0.2, 0) is 11.3 Å². The van der Waals surface area contributed by atoms with E-state index in [-0.39, 0.29) is 17.6 Å². The molecular weight excluding hydrogens is 465 g/mol. The van der Waals surface area contributed by atoms with E-state index in [1.807, 2.05) is 24.3 Å². The fraction of sp³-hybridized carbons (Fsp3) is 0.355. The molecule has 3 aromatic carbocycles. The topological polar surface area (TPSA) is 47.4 Å². The summed E-state index contributed by atoms with van der Waals surface area (Å²) in [7, 11) is 0. The largest absolute Gasteiger partial charge is 0.493 e. The van der Waals surface area contributed by atoms with Crippen LogP contribution in [0.3, 0.4) is 0 Å². The Morgan fingerprint density at radius 3 is 2.59 bits per heavy atom. The first kappa shape index (κ1) is 25.0. The summed E-state index contributed by atoms with van der Waals surface area (Å²) in [6, 6.07) is 22.6. The molecule has 1 fully saturated rings. The number of anilines is 1. The third kappa shape index (κ3) is 5.38. The van der Waals surface area contributed by atoms with Crippen molar-refractivity contribution in [2.45, 2.75) is 57.9 Å². The molecule has 1 aliphatic rings. The average molecular weight is 500 g/mol. The minimum absolute atomic E-state index is 0.0105. The van der Waals surface area contributed by atoms with E-state index < -0.39 is 0 Å². The first-order valence-electron chi connectivity index (χ1n) is 13.3. The number of para-hydroxylation sites is 3. The van der Waals surface area contributed by atoms with E-state index in [0.717, 1.165) is 54.1 Å². The van der Waals surface area contributed by atoms with E-state index in [2.05, 4.69) is 42.7 Å².